The number of hydrogen-bond donors (Lipinski definition) is 1. The molecule has 4 rings (SSSR count). The van der Waals surface area contributed by atoms with Crippen molar-refractivity contribution >= 4 is 17.5 Å². The lowest BCUT2D eigenvalue weighted by Crippen LogP contribution is -2.50. The molecular weight excluding hydrogens is 400 g/mol. The van der Waals surface area contributed by atoms with Crippen molar-refractivity contribution in [2.24, 2.45) is 0 Å². The van der Waals surface area contributed by atoms with E-state index in [2.05, 4.69) is 17.1 Å². The largest absolute Gasteiger partial charge is 0.340 e. The Hall–Kier alpha value is -3.38. The normalized spacial score (nSPS) is 14.3. The lowest BCUT2D eigenvalue weighted by atomic mass is 10.1. The van der Waals surface area contributed by atoms with Gasteiger partial charge < -0.3 is 14.8 Å². The number of rotatable bonds is 7. The van der Waals surface area contributed by atoms with E-state index >= 15 is 0 Å². The Morgan fingerprint density at radius 1 is 0.875 bits per heavy atom. The molecule has 1 aliphatic heterocycles. The van der Waals surface area contributed by atoms with Crippen molar-refractivity contribution in [3.8, 4) is 5.69 Å². The highest BCUT2D eigenvalue weighted by Gasteiger charge is 2.22. The Morgan fingerprint density at radius 3 is 2.25 bits per heavy atom. The molecule has 1 fully saturated rings. The van der Waals surface area contributed by atoms with Gasteiger partial charge in [0.05, 0.1) is 13.0 Å². The minimum Gasteiger partial charge on any atom is -0.340 e. The minimum absolute atomic E-state index is 0.00606. The molecule has 166 valence electrons. The molecule has 0 unspecified atom stereocenters. The zero-order chi connectivity index (χ0) is 22.3. The first kappa shape index (κ1) is 21.8. The maximum atomic E-state index is 12.7. The number of nitrogens with one attached hydrogen (secondary N) is 1. The highest BCUT2D eigenvalue weighted by molar-refractivity contribution is 5.93. The summed E-state index contributed by atoms with van der Waals surface area (Å²) in [7, 11) is 0. The molecule has 6 heteroatoms. The van der Waals surface area contributed by atoms with Crippen LogP contribution in [-0.2, 0) is 22.4 Å². The van der Waals surface area contributed by atoms with Crippen LogP contribution in [0.4, 0.5) is 5.69 Å². The summed E-state index contributed by atoms with van der Waals surface area (Å²) >= 11 is 0. The SMILES string of the molecule is CCc1ccccc1NC(=O)CN1CCN(C(=O)Cc2ccc(-n3cccc3)cc2)CC1. The van der Waals surface area contributed by atoms with Gasteiger partial charge in [-0.1, -0.05) is 37.3 Å². The summed E-state index contributed by atoms with van der Waals surface area (Å²) in [5, 5.41) is 3.03. The van der Waals surface area contributed by atoms with Gasteiger partial charge in [0.1, 0.15) is 0 Å². The van der Waals surface area contributed by atoms with E-state index in [4.69, 9.17) is 0 Å². The number of nitrogens with zero attached hydrogens (tertiary/aromatic N) is 3. The summed E-state index contributed by atoms with van der Waals surface area (Å²) < 4.78 is 2.04. The van der Waals surface area contributed by atoms with Crippen LogP contribution in [0.5, 0.6) is 0 Å². The van der Waals surface area contributed by atoms with E-state index in [1.807, 2.05) is 82.5 Å². The van der Waals surface area contributed by atoms with E-state index in [9.17, 15) is 9.59 Å². The molecule has 1 aromatic heterocycles. The van der Waals surface area contributed by atoms with Crippen LogP contribution in [0.3, 0.4) is 0 Å². The van der Waals surface area contributed by atoms with Gasteiger partial charge in [-0.2, -0.15) is 0 Å². The molecule has 0 aliphatic carbocycles. The highest BCUT2D eigenvalue weighted by atomic mass is 16.2. The molecule has 0 atom stereocenters. The number of piperazine rings is 1. The molecule has 3 aromatic rings. The molecule has 1 saturated heterocycles. The van der Waals surface area contributed by atoms with Crippen LogP contribution in [0.15, 0.2) is 73.1 Å². The van der Waals surface area contributed by atoms with E-state index in [1.165, 1.54) is 0 Å². The summed E-state index contributed by atoms with van der Waals surface area (Å²) in [6.07, 6.45) is 5.29. The van der Waals surface area contributed by atoms with Crippen LogP contribution in [0.2, 0.25) is 0 Å². The van der Waals surface area contributed by atoms with Crippen molar-refractivity contribution in [1.29, 1.82) is 0 Å². The number of aromatic nitrogens is 1. The van der Waals surface area contributed by atoms with Gasteiger partial charge in [-0.3, -0.25) is 14.5 Å². The van der Waals surface area contributed by atoms with Crippen LogP contribution in [-0.4, -0.2) is 58.9 Å². The lowest BCUT2D eigenvalue weighted by molar-refractivity contribution is -0.132. The van der Waals surface area contributed by atoms with E-state index < -0.39 is 0 Å². The Bertz CT molecular complexity index is 1040. The molecule has 0 spiro atoms. The van der Waals surface area contributed by atoms with Gasteiger partial charge in [-0.05, 0) is 47.9 Å². The summed E-state index contributed by atoms with van der Waals surface area (Å²) in [5.74, 6) is 0.133. The van der Waals surface area contributed by atoms with Gasteiger partial charge >= 0.3 is 0 Å². The van der Waals surface area contributed by atoms with Gasteiger partial charge in [0.2, 0.25) is 11.8 Å². The first-order chi connectivity index (χ1) is 15.6. The molecule has 0 saturated carbocycles. The monoisotopic (exact) mass is 430 g/mol. The van der Waals surface area contributed by atoms with Crippen molar-refractivity contribution in [3.05, 3.63) is 84.2 Å². The number of carbonyl (C=O) groups is 2. The third-order valence-corrected chi connectivity index (χ3v) is 5.96. The minimum atomic E-state index is -0.00606. The van der Waals surface area contributed by atoms with Gasteiger partial charge in [0, 0.05) is 49.9 Å². The Morgan fingerprint density at radius 2 is 1.56 bits per heavy atom. The van der Waals surface area contributed by atoms with E-state index in [1.54, 1.807) is 0 Å². The Balaban J connectivity index is 1.23. The maximum Gasteiger partial charge on any atom is 0.238 e. The number of aryl methyl sites for hydroxylation is 1. The molecule has 1 aliphatic rings. The number of carbonyl (C=O) groups excluding carboxylic acids is 2. The molecule has 0 bridgehead atoms. The number of amides is 2. The Kier molecular flexibility index (Phi) is 7.02. The summed E-state index contributed by atoms with van der Waals surface area (Å²) in [6.45, 7) is 5.15. The molecular formula is C26H30N4O2. The fraction of sp³-hybridized carbons (Fsp3) is 0.308. The van der Waals surface area contributed by atoms with E-state index in [0.29, 0.717) is 39.1 Å². The van der Waals surface area contributed by atoms with Crippen LogP contribution in [0.25, 0.3) is 5.69 Å². The van der Waals surface area contributed by atoms with Crippen LogP contribution in [0, 0.1) is 0 Å². The van der Waals surface area contributed by atoms with Gasteiger partial charge in [0.25, 0.3) is 0 Å². The van der Waals surface area contributed by atoms with Gasteiger partial charge in [0.15, 0.2) is 0 Å². The van der Waals surface area contributed by atoms with Crippen molar-refractivity contribution in [2.45, 2.75) is 19.8 Å². The molecule has 0 radical (unpaired) electrons. The van der Waals surface area contributed by atoms with Crippen molar-refractivity contribution < 1.29 is 9.59 Å². The predicted molar refractivity (Wildman–Crippen MR) is 127 cm³/mol. The number of hydrogen-bond acceptors (Lipinski definition) is 3. The number of para-hydroxylation sites is 1. The average molecular weight is 431 g/mol. The topological polar surface area (TPSA) is 57.6 Å². The lowest BCUT2D eigenvalue weighted by Gasteiger charge is -2.34. The number of benzene rings is 2. The van der Waals surface area contributed by atoms with Gasteiger partial charge in [-0.15, -0.1) is 0 Å². The summed E-state index contributed by atoms with van der Waals surface area (Å²) in [4.78, 5) is 29.2. The van der Waals surface area contributed by atoms with Crippen LogP contribution >= 0.6 is 0 Å². The first-order valence-electron chi connectivity index (χ1n) is 11.2. The number of anilines is 1. The summed E-state index contributed by atoms with van der Waals surface area (Å²) in [6, 6.07) is 20.0. The third kappa shape index (κ3) is 5.45. The Labute approximate surface area is 189 Å². The first-order valence-corrected chi connectivity index (χ1v) is 11.2. The quantitative estimate of drug-likeness (QED) is 0.625. The zero-order valence-corrected chi connectivity index (χ0v) is 18.5. The molecule has 32 heavy (non-hydrogen) atoms. The fourth-order valence-electron chi connectivity index (χ4n) is 4.08. The maximum absolute atomic E-state index is 12.7. The molecule has 2 amide bonds. The molecule has 2 heterocycles. The predicted octanol–water partition coefficient (Wildman–Crippen LogP) is 3.37. The highest BCUT2D eigenvalue weighted by Crippen LogP contribution is 2.16. The smallest absolute Gasteiger partial charge is 0.238 e. The van der Waals surface area contributed by atoms with E-state index in [0.717, 1.165) is 28.9 Å². The average Bonchev–Trinajstić information content (AvgIpc) is 3.35. The standard InChI is InChI=1S/C26H30N4O2/c1-2-22-7-3-4-8-24(22)27-25(31)20-28-15-17-30(18-16-28)26(32)19-21-9-11-23(12-10-21)29-13-5-6-14-29/h3-14H,2,15-20H2,1H3,(H,27,31). The zero-order valence-electron chi connectivity index (χ0n) is 18.5. The van der Waals surface area contributed by atoms with Crippen LogP contribution < -0.4 is 5.32 Å². The van der Waals surface area contributed by atoms with Gasteiger partial charge in [-0.25, -0.2) is 0 Å². The second-order valence-corrected chi connectivity index (χ2v) is 8.15. The molecule has 1 N–H and O–H groups in total. The molecule has 2 aromatic carbocycles. The summed E-state index contributed by atoms with van der Waals surface area (Å²) in [5.41, 5.74) is 4.12. The fourth-order valence-corrected chi connectivity index (χ4v) is 4.08. The van der Waals surface area contributed by atoms with Crippen molar-refractivity contribution in [2.75, 3.05) is 38.0 Å². The third-order valence-electron chi connectivity index (χ3n) is 5.96. The second-order valence-electron chi connectivity index (χ2n) is 8.15. The van der Waals surface area contributed by atoms with Crippen molar-refractivity contribution in [1.82, 2.24) is 14.4 Å². The van der Waals surface area contributed by atoms with Crippen molar-refractivity contribution in [3.63, 3.8) is 0 Å². The van der Waals surface area contributed by atoms with Crippen LogP contribution in [0.1, 0.15) is 18.1 Å². The second kappa shape index (κ2) is 10.3. The molecule has 6 nitrogen and oxygen atoms in total. The van der Waals surface area contributed by atoms with E-state index in [-0.39, 0.29) is 11.8 Å².